The zero-order valence-electron chi connectivity index (χ0n) is 15.8. The standard InChI is InChI=1S/C19H23N3O4S/c1-13(23)16(21-27-18-17(22(24)25)6-5-11-20-18)12-14-7-9-15(10-8-14)26-19(2,3)4/h5-11,16,21H,12H2,1-4H3/t16-/m1/s1. The molecule has 0 aliphatic rings. The maximum atomic E-state index is 12.0. The minimum atomic E-state index is -0.494. The van der Waals surface area contributed by atoms with Crippen molar-refractivity contribution in [1.29, 1.82) is 0 Å². The zero-order chi connectivity index (χ0) is 20.0. The smallest absolute Gasteiger partial charge is 0.302 e. The van der Waals surface area contributed by atoms with Gasteiger partial charge in [-0.2, -0.15) is 0 Å². The van der Waals surface area contributed by atoms with E-state index in [1.165, 1.54) is 25.3 Å². The molecular formula is C19H23N3O4S. The maximum absolute atomic E-state index is 12.0. The number of Topliss-reactive ketones (excluding diaryl/α,β-unsaturated/α-hetero) is 1. The van der Waals surface area contributed by atoms with E-state index in [2.05, 4.69) is 9.71 Å². The van der Waals surface area contributed by atoms with Gasteiger partial charge in [0.2, 0.25) is 0 Å². The van der Waals surface area contributed by atoms with Gasteiger partial charge in [-0.15, -0.1) is 0 Å². The Morgan fingerprint density at radius 1 is 1.30 bits per heavy atom. The van der Waals surface area contributed by atoms with E-state index in [0.717, 1.165) is 23.3 Å². The highest BCUT2D eigenvalue weighted by Crippen LogP contribution is 2.25. The lowest BCUT2D eigenvalue weighted by atomic mass is 10.0. The highest BCUT2D eigenvalue weighted by atomic mass is 32.2. The Bertz CT molecular complexity index is 803. The van der Waals surface area contributed by atoms with Gasteiger partial charge in [-0.25, -0.2) is 9.71 Å². The lowest BCUT2D eigenvalue weighted by Crippen LogP contribution is -2.33. The molecule has 0 saturated carbocycles. The fourth-order valence-electron chi connectivity index (χ4n) is 2.28. The predicted octanol–water partition coefficient (Wildman–Crippen LogP) is 3.96. The summed E-state index contributed by atoms with van der Waals surface area (Å²) in [5.74, 6) is 0.702. The van der Waals surface area contributed by atoms with Crippen LogP contribution in [0.3, 0.4) is 0 Å². The molecule has 144 valence electrons. The van der Waals surface area contributed by atoms with Crippen LogP contribution in [0, 0.1) is 10.1 Å². The molecule has 0 spiro atoms. The molecule has 27 heavy (non-hydrogen) atoms. The van der Waals surface area contributed by atoms with Crippen LogP contribution in [-0.2, 0) is 11.2 Å². The Hall–Kier alpha value is -2.45. The predicted molar refractivity (Wildman–Crippen MR) is 105 cm³/mol. The number of hydrogen-bond acceptors (Lipinski definition) is 7. The van der Waals surface area contributed by atoms with Crippen LogP contribution in [0.15, 0.2) is 47.6 Å². The number of rotatable bonds is 8. The monoisotopic (exact) mass is 389 g/mol. The number of nitro groups is 1. The lowest BCUT2D eigenvalue weighted by molar-refractivity contribution is -0.388. The number of aromatic nitrogens is 1. The molecule has 7 nitrogen and oxygen atoms in total. The summed E-state index contributed by atoms with van der Waals surface area (Å²) in [7, 11) is 0. The summed E-state index contributed by atoms with van der Waals surface area (Å²) in [6.45, 7) is 7.42. The fourth-order valence-corrected chi connectivity index (χ4v) is 3.14. The van der Waals surface area contributed by atoms with Crippen LogP contribution in [0.25, 0.3) is 0 Å². The van der Waals surface area contributed by atoms with E-state index in [4.69, 9.17) is 4.74 Å². The molecule has 2 aromatic rings. The number of ether oxygens (including phenoxy) is 1. The number of benzene rings is 1. The first kappa shape index (κ1) is 20.9. The third-order valence-electron chi connectivity index (χ3n) is 3.52. The summed E-state index contributed by atoms with van der Waals surface area (Å²) in [6.07, 6.45) is 1.94. The van der Waals surface area contributed by atoms with Crippen molar-refractivity contribution >= 4 is 23.4 Å². The average Bonchev–Trinajstić information content (AvgIpc) is 2.58. The van der Waals surface area contributed by atoms with E-state index in [-0.39, 0.29) is 22.1 Å². The van der Waals surface area contributed by atoms with Gasteiger partial charge in [-0.1, -0.05) is 12.1 Å². The number of hydrogen-bond donors (Lipinski definition) is 1. The molecule has 0 saturated heterocycles. The Morgan fingerprint density at radius 2 is 1.96 bits per heavy atom. The van der Waals surface area contributed by atoms with E-state index in [0.29, 0.717) is 6.42 Å². The molecule has 1 aromatic carbocycles. The van der Waals surface area contributed by atoms with E-state index in [9.17, 15) is 14.9 Å². The second-order valence-corrected chi connectivity index (χ2v) is 7.86. The first-order valence-corrected chi connectivity index (χ1v) is 9.27. The molecule has 1 aromatic heterocycles. The third kappa shape index (κ3) is 6.65. The topological polar surface area (TPSA) is 94.4 Å². The molecule has 8 heteroatoms. The second-order valence-electron chi connectivity index (χ2n) is 7.03. The Balaban J connectivity index is 2.04. The normalized spacial score (nSPS) is 12.4. The molecule has 0 unspecified atom stereocenters. The highest BCUT2D eigenvalue weighted by Gasteiger charge is 2.20. The Morgan fingerprint density at radius 3 is 2.52 bits per heavy atom. The van der Waals surface area contributed by atoms with Gasteiger partial charge < -0.3 is 4.74 Å². The summed E-state index contributed by atoms with van der Waals surface area (Å²) >= 11 is 0.994. The number of nitrogens with one attached hydrogen (secondary N) is 1. The van der Waals surface area contributed by atoms with Crippen molar-refractivity contribution in [3.8, 4) is 5.75 Å². The number of pyridine rings is 1. The maximum Gasteiger partial charge on any atom is 0.302 e. The van der Waals surface area contributed by atoms with Crippen molar-refractivity contribution in [2.45, 2.75) is 50.8 Å². The van der Waals surface area contributed by atoms with Crippen molar-refractivity contribution in [2.75, 3.05) is 0 Å². The molecule has 0 aliphatic heterocycles. The van der Waals surface area contributed by atoms with Gasteiger partial charge in [0.15, 0.2) is 5.03 Å². The van der Waals surface area contributed by atoms with E-state index in [1.807, 2.05) is 45.0 Å². The fraction of sp³-hybridized carbons (Fsp3) is 0.368. The highest BCUT2D eigenvalue weighted by molar-refractivity contribution is 7.97. The minimum absolute atomic E-state index is 0.0592. The molecule has 1 N–H and O–H groups in total. The minimum Gasteiger partial charge on any atom is -0.488 e. The van der Waals surface area contributed by atoms with Crippen molar-refractivity contribution < 1.29 is 14.5 Å². The summed E-state index contributed by atoms with van der Waals surface area (Å²) < 4.78 is 8.79. The molecule has 0 aliphatic carbocycles. The van der Waals surface area contributed by atoms with Crippen molar-refractivity contribution in [2.24, 2.45) is 0 Å². The molecular weight excluding hydrogens is 366 g/mol. The van der Waals surface area contributed by atoms with Gasteiger partial charge in [0.1, 0.15) is 17.1 Å². The quantitative estimate of drug-likeness (QED) is 0.415. The molecule has 0 amide bonds. The van der Waals surface area contributed by atoms with Crippen molar-refractivity contribution in [1.82, 2.24) is 9.71 Å². The molecule has 1 heterocycles. The van der Waals surface area contributed by atoms with Crippen LogP contribution in [0.2, 0.25) is 0 Å². The van der Waals surface area contributed by atoms with Crippen molar-refractivity contribution in [3.63, 3.8) is 0 Å². The number of nitrogens with zero attached hydrogens (tertiary/aromatic N) is 2. The van der Waals surface area contributed by atoms with Crippen LogP contribution in [0.4, 0.5) is 5.69 Å². The average molecular weight is 389 g/mol. The summed E-state index contributed by atoms with van der Waals surface area (Å²) in [5, 5.41) is 11.3. The van der Waals surface area contributed by atoms with Crippen molar-refractivity contribution in [3.05, 3.63) is 58.3 Å². The van der Waals surface area contributed by atoms with Gasteiger partial charge in [0, 0.05) is 12.3 Å². The molecule has 0 fully saturated rings. The first-order valence-electron chi connectivity index (χ1n) is 8.46. The van der Waals surface area contributed by atoms with Gasteiger partial charge in [0.25, 0.3) is 0 Å². The second kappa shape index (κ2) is 8.96. The van der Waals surface area contributed by atoms with E-state index >= 15 is 0 Å². The SMILES string of the molecule is CC(=O)[C@@H](Cc1ccc(OC(C)(C)C)cc1)NSc1ncccc1[N+](=O)[O-]. The zero-order valence-corrected chi connectivity index (χ0v) is 16.6. The van der Waals surface area contributed by atoms with Gasteiger partial charge in [0.05, 0.1) is 11.0 Å². The molecule has 1 atom stereocenters. The first-order chi connectivity index (χ1) is 12.7. The van der Waals surface area contributed by atoms with Crippen LogP contribution >= 0.6 is 11.9 Å². The lowest BCUT2D eigenvalue weighted by Gasteiger charge is -2.21. The molecule has 2 rings (SSSR count). The van der Waals surface area contributed by atoms with Crippen LogP contribution < -0.4 is 9.46 Å². The molecule has 0 radical (unpaired) electrons. The van der Waals surface area contributed by atoms with E-state index < -0.39 is 11.0 Å². The van der Waals surface area contributed by atoms with Gasteiger partial charge in [-0.05, 0) is 69.8 Å². The third-order valence-corrected chi connectivity index (χ3v) is 4.43. The number of ketones is 1. The van der Waals surface area contributed by atoms with Crippen LogP contribution in [0.5, 0.6) is 5.75 Å². The molecule has 0 bridgehead atoms. The van der Waals surface area contributed by atoms with Gasteiger partial charge in [-0.3, -0.25) is 14.9 Å². The van der Waals surface area contributed by atoms with Gasteiger partial charge >= 0.3 is 5.69 Å². The number of carbonyl (C=O) groups excluding carboxylic acids is 1. The number of carbonyl (C=O) groups is 1. The van der Waals surface area contributed by atoms with Crippen LogP contribution in [0.1, 0.15) is 33.3 Å². The summed E-state index contributed by atoms with van der Waals surface area (Å²) in [4.78, 5) is 26.6. The van der Waals surface area contributed by atoms with E-state index in [1.54, 1.807) is 0 Å². The summed E-state index contributed by atoms with van der Waals surface area (Å²) in [6, 6.07) is 9.95. The Labute approximate surface area is 162 Å². The largest absolute Gasteiger partial charge is 0.488 e. The Kier molecular flexibility index (Phi) is 6.92. The summed E-state index contributed by atoms with van der Waals surface area (Å²) in [5.41, 5.74) is 0.583. The van der Waals surface area contributed by atoms with Crippen LogP contribution in [-0.4, -0.2) is 27.3 Å².